The van der Waals surface area contributed by atoms with Crippen LogP contribution in [0.25, 0.3) is 5.76 Å². The summed E-state index contributed by atoms with van der Waals surface area (Å²) in [6.45, 7) is 1.77. The zero-order valence-electron chi connectivity index (χ0n) is 16.4. The fraction of sp³-hybridized carbons (Fsp3) is 0.409. The van der Waals surface area contributed by atoms with Gasteiger partial charge in [-0.25, -0.2) is 4.98 Å². The number of rotatable bonds is 5. The van der Waals surface area contributed by atoms with E-state index in [0.717, 1.165) is 6.42 Å². The number of ether oxygens (including phenoxy) is 2. The van der Waals surface area contributed by atoms with Gasteiger partial charge >= 0.3 is 0 Å². The lowest BCUT2D eigenvalue weighted by molar-refractivity contribution is -0.113. The van der Waals surface area contributed by atoms with Crippen LogP contribution in [0.15, 0.2) is 42.2 Å². The molecule has 1 aromatic rings. The number of ketones is 1. The maximum absolute atomic E-state index is 13.2. The van der Waals surface area contributed by atoms with Gasteiger partial charge in [0, 0.05) is 31.5 Å². The molecule has 2 atom stereocenters. The number of thiazole rings is 1. The molecule has 30 heavy (non-hydrogen) atoms. The Bertz CT molecular complexity index is 985. The largest absolute Gasteiger partial charge is 0.491 e. The van der Waals surface area contributed by atoms with Crippen molar-refractivity contribution in [2.75, 3.05) is 25.1 Å². The first-order valence-corrected chi connectivity index (χ1v) is 11.1. The smallest absolute Gasteiger partial charge is 0.273 e. The van der Waals surface area contributed by atoms with Crippen LogP contribution in [-0.2, 0) is 14.3 Å². The molecule has 4 aliphatic rings. The van der Waals surface area contributed by atoms with Gasteiger partial charge in [-0.1, -0.05) is 35.6 Å². The standard InChI is InChI=1S/C22H23N3O4S/c26-19(13-7-10-28-11-8-13)20-18(17-6-3-9-29-17)24-22(30-20)25-21(27)16-12-14-4-1-2-5-15(14)23-16/h1-2,4-6,12-15,23H,3,7-11H2,(H,24,25,27). The van der Waals surface area contributed by atoms with E-state index < -0.39 is 0 Å². The van der Waals surface area contributed by atoms with Gasteiger partial charge in [0.2, 0.25) is 0 Å². The lowest BCUT2D eigenvalue weighted by atomic mass is 9.94. The highest BCUT2D eigenvalue weighted by Gasteiger charge is 2.32. The van der Waals surface area contributed by atoms with Gasteiger partial charge in [-0.3, -0.25) is 14.9 Å². The molecule has 1 saturated heterocycles. The zero-order valence-corrected chi connectivity index (χ0v) is 17.2. The Morgan fingerprint density at radius 2 is 2.00 bits per heavy atom. The number of carbonyl (C=O) groups excluding carboxylic acids is 2. The average Bonchev–Trinajstić information content (AvgIpc) is 3.52. The van der Waals surface area contributed by atoms with Crippen LogP contribution in [0.3, 0.4) is 0 Å². The summed E-state index contributed by atoms with van der Waals surface area (Å²) < 4.78 is 11.1. The molecule has 0 bridgehead atoms. The quantitative estimate of drug-likeness (QED) is 0.705. The molecular weight excluding hydrogens is 402 g/mol. The number of Topliss-reactive ketones (excluding diaryl/α,β-unsaturated/α-hetero) is 1. The summed E-state index contributed by atoms with van der Waals surface area (Å²) in [6, 6.07) is 0.102. The second-order valence-corrected chi connectivity index (χ2v) is 8.70. The van der Waals surface area contributed by atoms with E-state index in [2.05, 4.69) is 21.7 Å². The van der Waals surface area contributed by atoms with E-state index in [4.69, 9.17) is 9.47 Å². The molecule has 0 saturated carbocycles. The molecule has 156 valence electrons. The molecule has 8 heteroatoms. The Balaban J connectivity index is 1.37. The summed E-state index contributed by atoms with van der Waals surface area (Å²) >= 11 is 1.22. The van der Waals surface area contributed by atoms with Gasteiger partial charge in [0.1, 0.15) is 16.3 Å². The van der Waals surface area contributed by atoms with Gasteiger partial charge in [0.15, 0.2) is 10.9 Å². The minimum Gasteiger partial charge on any atom is -0.491 e. The predicted octanol–water partition coefficient (Wildman–Crippen LogP) is 3.05. The molecule has 0 spiro atoms. The molecule has 2 N–H and O–H groups in total. The summed E-state index contributed by atoms with van der Waals surface area (Å²) in [5.74, 6) is 0.525. The highest BCUT2D eigenvalue weighted by atomic mass is 32.1. The van der Waals surface area contributed by atoms with Crippen molar-refractivity contribution in [3.05, 3.63) is 52.7 Å². The van der Waals surface area contributed by atoms with E-state index in [0.29, 0.717) is 59.8 Å². The number of aromatic nitrogens is 1. The molecule has 1 fully saturated rings. The third-order valence-electron chi connectivity index (χ3n) is 5.71. The van der Waals surface area contributed by atoms with E-state index in [1.54, 1.807) is 0 Å². The third kappa shape index (κ3) is 3.73. The second kappa shape index (κ2) is 8.20. The van der Waals surface area contributed by atoms with Gasteiger partial charge < -0.3 is 14.8 Å². The molecule has 7 nitrogen and oxygen atoms in total. The van der Waals surface area contributed by atoms with E-state index in [1.807, 2.05) is 30.4 Å². The molecule has 1 amide bonds. The van der Waals surface area contributed by atoms with Crippen molar-refractivity contribution >= 4 is 33.9 Å². The molecule has 3 aliphatic heterocycles. The SMILES string of the molecule is O=C(Nc1nc(C2=CCCO2)c(C(=O)C2CCOCC2)s1)C1=CC2C=CC=CC2N1. The molecule has 0 radical (unpaired) electrons. The third-order valence-corrected chi connectivity index (χ3v) is 6.69. The summed E-state index contributed by atoms with van der Waals surface area (Å²) in [4.78, 5) is 31.1. The fourth-order valence-electron chi connectivity index (χ4n) is 4.09. The number of hydrogen-bond donors (Lipinski definition) is 2. The van der Waals surface area contributed by atoms with E-state index in [-0.39, 0.29) is 29.6 Å². The minimum absolute atomic E-state index is 0.0576. The summed E-state index contributed by atoms with van der Waals surface area (Å²) in [5, 5.41) is 6.51. The summed E-state index contributed by atoms with van der Waals surface area (Å²) in [5.41, 5.74) is 1.06. The lowest BCUT2D eigenvalue weighted by Gasteiger charge is -2.20. The van der Waals surface area contributed by atoms with E-state index in [9.17, 15) is 9.59 Å². The molecule has 0 aromatic carbocycles. The molecule has 1 aromatic heterocycles. The monoisotopic (exact) mass is 425 g/mol. The van der Waals surface area contributed by atoms with E-state index in [1.165, 1.54) is 11.3 Å². The van der Waals surface area contributed by atoms with Crippen LogP contribution in [0.1, 0.15) is 34.6 Å². The summed E-state index contributed by atoms with van der Waals surface area (Å²) in [7, 11) is 0. The highest BCUT2D eigenvalue weighted by Crippen LogP contribution is 2.35. The normalized spacial score (nSPS) is 25.2. The Morgan fingerprint density at radius 3 is 2.77 bits per heavy atom. The van der Waals surface area contributed by atoms with Crippen molar-refractivity contribution in [1.82, 2.24) is 10.3 Å². The van der Waals surface area contributed by atoms with Crippen LogP contribution in [0.2, 0.25) is 0 Å². The molecule has 4 heterocycles. The lowest BCUT2D eigenvalue weighted by Crippen LogP contribution is -2.30. The van der Waals surface area contributed by atoms with Crippen LogP contribution in [0.4, 0.5) is 5.13 Å². The predicted molar refractivity (Wildman–Crippen MR) is 114 cm³/mol. The van der Waals surface area contributed by atoms with Crippen LogP contribution < -0.4 is 10.6 Å². The van der Waals surface area contributed by atoms with Crippen molar-refractivity contribution in [2.24, 2.45) is 11.8 Å². The highest BCUT2D eigenvalue weighted by molar-refractivity contribution is 7.18. The first-order valence-electron chi connectivity index (χ1n) is 10.3. The minimum atomic E-state index is -0.252. The van der Waals surface area contributed by atoms with Crippen LogP contribution in [-0.4, -0.2) is 42.5 Å². The Labute approximate surface area is 178 Å². The zero-order chi connectivity index (χ0) is 20.5. The number of anilines is 1. The number of hydrogen-bond acceptors (Lipinski definition) is 7. The summed E-state index contributed by atoms with van der Waals surface area (Å²) in [6.07, 6.45) is 14.1. The van der Waals surface area contributed by atoms with Crippen molar-refractivity contribution in [3.63, 3.8) is 0 Å². The average molecular weight is 426 g/mol. The van der Waals surface area contributed by atoms with Crippen molar-refractivity contribution in [3.8, 4) is 0 Å². The maximum Gasteiger partial charge on any atom is 0.273 e. The van der Waals surface area contributed by atoms with Crippen molar-refractivity contribution in [1.29, 1.82) is 0 Å². The van der Waals surface area contributed by atoms with Crippen LogP contribution in [0.5, 0.6) is 0 Å². The second-order valence-electron chi connectivity index (χ2n) is 7.70. The van der Waals surface area contributed by atoms with Crippen molar-refractivity contribution in [2.45, 2.75) is 25.3 Å². The van der Waals surface area contributed by atoms with Gasteiger partial charge in [-0.05, 0) is 25.0 Å². The van der Waals surface area contributed by atoms with Gasteiger partial charge in [0.05, 0.1) is 18.3 Å². The van der Waals surface area contributed by atoms with Crippen LogP contribution in [0, 0.1) is 11.8 Å². The first kappa shape index (κ1) is 19.3. The number of amides is 1. The number of fused-ring (bicyclic) bond motifs is 1. The van der Waals surface area contributed by atoms with Gasteiger partial charge in [-0.15, -0.1) is 0 Å². The molecule has 2 unspecified atom stereocenters. The Kier molecular flexibility index (Phi) is 5.26. The number of nitrogens with one attached hydrogen (secondary N) is 2. The van der Waals surface area contributed by atoms with Gasteiger partial charge in [0.25, 0.3) is 5.91 Å². The fourth-order valence-corrected chi connectivity index (χ4v) is 5.07. The van der Waals surface area contributed by atoms with Crippen LogP contribution >= 0.6 is 11.3 Å². The number of allylic oxidation sites excluding steroid dienone is 2. The number of carbonyl (C=O) groups is 2. The van der Waals surface area contributed by atoms with Gasteiger partial charge in [-0.2, -0.15) is 0 Å². The molecule has 1 aliphatic carbocycles. The molecule has 5 rings (SSSR count). The Morgan fingerprint density at radius 1 is 1.17 bits per heavy atom. The first-order chi connectivity index (χ1) is 14.7. The van der Waals surface area contributed by atoms with Crippen molar-refractivity contribution < 1.29 is 19.1 Å². The topological polar surface area (TPSA) is 89.5 Å². The van der Waals surface area contributed by atoms with E-state index >= 15 is 0 Å². The maximum atomic E-state index is 13.2. The number of nitrogens with zero attached hydrogens (tertiary/aromatic N) is 1. The Hall–Kier alpha value is -2.71. The molecular formula is C22H23N3O4S.